The third kappa shape index (κ3) is 5.84. The van der Waals surface area contributed by atoms with Gasteiger partial charge in [0.1, 0.15) is 0 Å². The van der Waals surface area contributed by atoms with E-state index in [0.717, 1.165) is 44.6 Å². The molecule has 3 aromatic heterocycles. The lowest BCUT2D eigenvalue weighted by Crippen LogP contribution is -2.00. The zero-order valence-corrected chi connectivity index (χ0v) is 31.5. The van der Waals surface area contributed by atoms with Crippen LogP contribution < -0.4 is 0 Å². The summed E-state index contributed by atoms with van der Waals surface area (Å²) in [6.07, 6.45) is 0. The maximum absolute atomic E-state index is 5.58. The molecule has 0 radical (unpaired) electrons. The molecular weight excluding hydrogens is 713 g/mol. The predicted molar refractivity (Wildman–Crippen MR) is 238 cm³/mol. The van der Waals surface area contributed by atoms with E-state index in [1.807, 2.05) is 47.7 Å². The van der Waals surface area contributed by atoms with Crippen LogP contribution in [0.5, 0.6) is 0 Å². The van der Waals surface area contributed by atoms with Crippen LogP contribution in [0.1, 0.15) is 0 Å². The largest absolute Gasteiger partial charge is 0.246 e. The Bertz CT molecular complexity index is 3260. The Morgan fingerprint density at radius 1 is 0.316 bits per heavy atom. The highest BCUT2D eigenvalue weighted by molar-refractivity contribution is 7.26. The molecule has 0 unspecified atom stereocenters. The van der Waals surface area contributed by atoms with Gasteiger partial charge in [0.25, 0.3) is 0 Å². The molecule has 266 valence electrons. The molecule has 11 aromatic rings. The Labute approximate surface area is 333 Å². The minimum Gasteiger partial charge on any atom is -0.246 e. The first-order valence-corrected chi connectivity index (χ1v) is 19.9. The van der Waals surface area contributed by atoms with Crippen LogP contribution in [0.25, 0.3) is 110 Å². The molecule has 4 nitrogen and oxygen atoms in total. The van der Waals surface area contributed by atoms with E-state index in [1.165, 1.54) is 47.5 Å². The van der Waals surface area contributed by atoms with Gasteiger partial charge in [-0.2, -0.15) is 0 Å². The summed E-state index contributed by atoms with van der Waals surface area (Å²) in [6, 6.07) is 67.9. The summed E-state index contributed by atoms with van der Waals surface area (Å²) < 4.78 is 2.49. The first-order chi connectivity index (χ1) is 28.2. The SMILES string of the molecule is c1ccc(-c2ccc(-c3nc(-c4ccccc4)nc(-c4ccc(-c5nc6c(-c7cccc8ccccc78)cccc6c6sc7ccccc7c56)cc4)n3)cc2)cc1. The quantitative estimate of drug-likeness (QED) is 0.170. The van der Waals surface area contributed by atoms with Crippen LogP contribution in [-0.4, -0.2) is 19.9 Å². The highest BCUT2D eigenvalue weighted by Crippen LogP contribution is 2.45. The topological polar surface area (TPSA) is 51.6 Å². The standard InChI is InChI=1S/C52H32N4S/c1-3-13-33(14-4-1)34-25-29-38(30-26-34)51-54-50(37-16-5-2-6-17-37)55-52(56-51)39-31-27-36(28-32-39)47-46-43-20-9-10-24-45(43)57-49(46)44-23-12-22-42(48(44)53-47)41-21-11-18-35-15-7-8-19-40(35)41/h1-32H. The Morgan fingerprint density at radius 3 is 1.49 bits per heavy atom. The van der Waals surface area contributed by atoms with E-state index in [2.05, 4.69) is 158 Å². The average molecular weight is 745 g/mol. The molecule has 0 aliphatic carbocycles. The molecule has 0 aliphatic heterocycles. The number of rotatable bonds is 6. The van der Waals surface area contributed by atoms with Crippen molar-refractivity contribution in [2.24, 2.45) is 0 Å². The van der Waals surface area contributed by atoms with Gasteiger partial charge in [0.05, 0.1) is 11.2 Å². The van der Waals surface area contributed by atoms with Crippen LogP contribution in [0, 0.1) is 0 Å². The number of fused-ring (bicyclic) bond motifs is 6. The molecule has 0 N–H and O–H groups in total. The zero-order chi connectivity index (χ0) is 37.7. The van der Waals surface area contributed by atoms with Crippen molar-refractivity contribution in [1.82, 2.24) is 19.9 Å². The summed E-state index contributed by atoms with van der Waals surface area (Å²) in [6.45, 7) is 0. The predicted octanol–water partition coefficient (Wildman–Crippen LogP) is 13.9. The van der Waals surface area contributed by atoms with Gasteiger partial charge in [-0.3, -0.25) is 0 Å². The van der Waals surface area contributed by atoms with Crippen molar-refractivity contribution in [3.63, 3.8) is 0 Å². The summed E-state index contributed by atoms with van der Waals surface area (Å²) in [7, 11) is 0. The number of hydrogen-bond donors (Lipinski definition) is 0. The third-order valence-corrected chi connectivity index (χ3v) is 12.0. The summed E-state index contributed by atoms with van der Waals surface area (Å²) in [5.41, 5.74) is 10.4. The number of thiophene rings is 1. The number of pyridine rings is 1. The van der Waals surface area contributed by atoms with Crippen molar-refractivity contribution < 1.29 is 0 Å². The molecule has 0 bridgehead atoms. The van der Waals surface area contributed by atoms with Crippen molar-refractivity contribution in [2.45, 2.75) is 0 Å². The number of aromatic nitrogens is 4. The van der Waals surface area contributed by atoms with E-state index in [0.29, 0.717) is 17.5 Å². The molecule has 0 saturated carbocycles. The maximum Gasteiger partial charge on any atom is 0.164 e. The molecule has 8 aromatic carbocycles. The van der Waals surface area contributed by atoms with E-state index in [4.69, 9.17) is 19.9 Å². The molecule has 0 aliphatic rings. The van der Waals surface area contributed by atoms with Gasteiger partial charge in [0.2, 0.25) is 0 Å². The van der Waals surface area contributed by atoms with E-state index in [9.17, 15) is 0 Å². The lowest BCUT2D eigenvalue weighted by Gasteiger charge is -2.13. The van der Waals surface area contributed by atoms with Gasteiger partial charge in [0, 0.05) is 53.4 Å². The summed E-state index contributed by atoms with van der Waals surface area (Å²) in [5.74, 6) is 1.88. The number of benzene rings is 8. The van der Waals surface area contributed by atoms with Crippen LogP contribution in [0.4, 0.5) is 0 Å². The van der Waals surface area contributed by atoms with E-state index in [-0.39, 0.29) is 0 Å². The zero-order valence-electron chi connectivity index (χ0n) is 30.7. The van der Waals surface area contributed by atoms with Crippen LogP contribution in [0.3, 0.4) is 0 Å². The van der Waals surface area contributed by atoms with Crippen molar-refractivity contribution in [3.8, 4) is 67.7 Å². The summed E-state index contributed by atoms with van der Waals surface area (Å²) in [5, 5.41) is 6.00. The van der Waals surface area contributed by atoms with Gasteiger partial charge in [-0.15, -0.1) is 11.3 Å². The molecule has 0 amide bonds. The highest BCUT2D eigenvalue weighted by atomic mass is 32.1. The second-order valence-electron chi connectivity index (χ2n) is 14.2. The van der Waals surface area contributed by atoms with Gasteiger partial charge in [-0.05, 0) is 33.5 Å². The lowest BCUT2D eigenvalue weighted by molar-refractivity contribution is 1.07. The number of nitrogens with zero attached hydrogens (tertiary/aromatic N) is 4. The molecule has 11 rings (SSSR count). The fourth-order valence-electron chi connectivity index (χ4n) is 7.94. The van der Waals surface area contributed by atoms with Crippen LogP contribution in [0.15, 0.2) is 194 Å². The Kier molecular flexibility index (Phi) is 7.97. The molecule has 3 heterocycles. The fourth-order valence-corrected chi connectivity index (χ4v) is 9.17. The molecule has 0 atom stereocenters. The average Bonchev–Trinajstić information content (AvgIpc) is 3.69. The monoisotopic (exact) mass is 744 g/mol. The number of hydrogen-bond acceptors (Lipinski definition) is 5. The van der Waals surface area contributed by atoms with Crippen molar-refractivity contribution in [2.75, 3.05) is 0 Å². The smallest absolute Gasteiger partial charge is 0.164 e. The van der Waals surface area contributed by atoms with E-state index >= 15 is 0 Å². The minimum absolute atomic E-state index is 0.619. The lowest BCUT2D eigenvalue weighted by atomic mass is 9.95. The second kappa shape index (κ2) is 13.7. The third-order valence-electron chi connectivity index (χ3n) is 10.8. The first-order valence-electron chi connectivity index (χ1n) is 19.1. The summed E-state index contributed by atoms with van der Waals surface area (Å²) >= 11 is 1.84. The molecule has 0 fully saturated rings. The molecule has 5 heteroatoms. The number of para-hydroxylation sites is 1. The molecular formula is C52H32N4S. The Morgan fingerprint density at radius 2 is 0.789 bits per heavy atom. The molecule has 0 saturated heterocycles. The van der Waals surface area contributed by atoms with Crippen molar-refractivity contribution >= 4 is 53.2 Å². The molecule has 0 spiro atoms. The summed E-state index contributed by atoms with van der Waals surface area (Å²) in [4.78, 5) is 20.6. The Hall–Kier alpha value is -7.34. The van der Waals surface area contributed by atoms with Gasteiger partial charge in [-0.25, -0.2) is 19.9 Å². The maximum atomic E-state index is 5.58. The van der Waals surface area contributed by atoms with E-state index < -0.39 is 0 Å². The van der Waals surface area contributed by atoms with E-state index in [1.54, 1.807) is 0 Å². The molecule has 57 heavy (non-hydrogen) atoms. The van der Waals surface area contributed by atoms with Crippen molar-refractivity contribution in [3.05, 3.63) is 194 Å². The normalized spacial score (nSPS) is 11.5. The van der Waals surface area contributed by atoms with Gasteiger partial charge < -0.3 is 0 Å². The van der Waals surface area contributed by atoms with Crippen LogP contribution >= 0.6 is 11.3 Å². The first kappa shape index (κ1) is 33.0. The van der Waals surface area contributed by atoms with Crippen LogP contribution in [0.2, 0.25) is 0 Å². The van der Waals surface area contributed by atoms with Gasteiger partial charge in [0.15, 0.2) is 17.5 Å². The van der Waals surface area contributed by atoms with Gasteiger partial charge >= 0.3 is 0 Å². The Balaban J connectivity index is 1.06. The second-order valence-corrected chi connectivity index (χ2v) is 15.2. The highest BCUT2D eigenvalue weighted by Gasteiger charge is 2.20. The van der Waals surface area contributed by atoms with Crippen LogP contribution in [-0.2, 0) is 0 Å². The van der Waals surface area contributed by atoms with Gasteiger partial charge in [-0.1, -0.05) is 188 Å². The minimum atomic E-state index is 0.619. The van der Waals surface area contributed by atoms with Crippen molar-refractivity contribution in [1.29, 1.82) is 0 Å². The fraction of sp³-hybridized carbons (Fsp3) is 0.